The summed E-state index contributed by atoms with van der Waals surface area (Å²) in [5, 5.41) is 15.0. The number of anilines is 1. The van der Waals surface area contributed by atoms with Gasteiger partial charge in [-0.05, 0) is 6.92 Å². The molecule has 1 heterocycles. The van der Waals surface area contributed by atoms with E-state index in [0.29, 0.717) is 17.0 Å². The first-order valence-electron chi connectivity index (χ1n) is 6.72. The van der Waals surface area contributed by atoms with Crippen molar-refractivity contribution in [3.63, 3.8) is 0 Å². The first kappa shape index (κ1) is 16.9. The van der Waals surface area contributed by atoms with Crippen LogP contribution in [0.5, 0.6) is 11.5 Å². The Balaban J connectivity index is 2.32. The highest BCUT2D eigenvalue weighted by Gasteiger charge is 2.18. The lowest BCUT2D eigenvalue weighted by Crippen LogP contribution is -2.10. The van der Waals surface area contributed by atoms with Crippen molar-refractivity contribution in [3.05, 3.63) is 49.9 Å². The largest absolute Gasteiger partial charge is 0.496 e. The van der Waals surface area contributed by atoms with Crippen LogP contribution in [0, 0.1) is 17.0 Å². The summed E-state index contributed by atoms with van der Waals surface area (Å²) in [5.74, 6) is 0.568. The first-order valence-corrected chi connectivity index (χ1v) is 6.72. The Morgan fingerprint density at radius 2 is 2.00 bits per heavy atom. The van der Waals surface area contributed by atoms with Gasteiger partial charge in [-0.3, -0.25) is 19.9 Å². The van der Waals surface area contributed by atoms with Gasteiger partial charge in [-0.2, -0.15) is 5.10 Å². The molecule has 0 bridgehead atoms. The lowest BCUT2D eigenvalue weighted by Gasteiger charge is -2.08. The van der Waals surface area contributed by atoms with Gasteiger partial charge in [0.2, 0.25) is 11.7 Å². The van der Waals surface area contributed by atoms with E-state index in [1.807, 2.05) is 0 Å². The van der Waals surface area contributed by atoms with Crippen LogP contribution in [0.15, 0.2) is 28.1 Å². The maximum Gasteiger partial charge on any atom is 0.311 e. The smallest absolute Gasteiger partial charge is 0.311 e. The second-order valence-electron chi connectivity index (χ2n) is 4.63. The number of hydrogen-bond donors (Lipinski definition) is 2. The Kier molecular flexibility index (Phi) is 5.09. The Hall–Kier alpha value is -3.43. The van der Waals surface area contributed by atoms with Gasteiger partial charge >= 0.3 is 5.69 Å². The molecule has 126 valence electrons. The minimum atomic E-state index is -0.567. The summed E-state index contributed by atoms with van der Waals surface area (Å²) in [4.78, 5) is 28.4. The molecular formula is C14H15N5O5. The van der Waals surface area contributed by atoms with Crippen molar-refractivity contribution in [2.75, 3.05) is 19.6 Å². The first-order chi connectivity index (χ1) is 11.4. The van der Waals surface area contributed by atoms with Crippen LogP contribution in [-0.2, 0) is 0 Å². The van der Waals surface area contributed by atoms with E-state index in [9.17, 15) is 14.9 Å². The molecule has 2 N–H and O–H groups in total. The number of nitro benzene ring substituents is 1. The monoisotopic (exact) mass is 333 g/mol. The molecule has 0 aliphatic rings. The van der Waals surface area contributed by atoms with Gasteiger partial charge in [0, 0.05) is 29.5 Å². The van der Waals surface area contributed by atoms with Gasteiger partial charge in [0.15, 0.2) is 0 Å². The maximum absolute atomic E-state index is 11.3. The third kappa shape index (κ3) is 3.85. The van der Waals surface area contributed by atoms with E-state index in [0.717, 1.165) is 0 Å². The molecule has 0 fully saturated rings. The van der Waals surface area contributed by atoms with Crippen molar-refractivity contribution in [2.45, 2.75) is 6.92 Å². The summed E-state index contributed by atoms with van der Waals surface area (Å²) < 4.78 is 10.1. The van der Waals surface area contributed by atoms with E-state index in [4.69, 9.17) is 9.47 Å². The van der Waals surface area contributed by atoms with Crippen molar-refractivity contribution in [1.29, 1.82) is 0 Å². The third-order valence-corrected chi connectivity index (χ3v) is 2.97. The van der Waals surface area contributed by atoms with Crippen LogP contribution in [-0.4, -0.2) is 35.3 Å². The molecule has 0 unspecified atom stereocenters. The Labute approximate surface area is 136 Å². The zero-order valence-corrected chi connectivity index (χ0v) is 13.2. The van der Waals surface area contributed by atoms with Crippen LogP contribution in [0.25, 0.3) is 0 Å². The molecule has 0 amide bonds. The average molecular weight is 333 g/mol. The predicted molar refractivity (Wildman–Crippen MR) is 87.0 cm³/mol. The van der Waals surface area contributed by atoms with Crippen LogP contribution in [0.1, 0.15) is 11.3 Å². The topological polar surface area (TPSA) is 132 Å². The van der Waals surface area contributed by atoms with Crippen molar-refractivity contribution < 1.29 is 14.4 Å². The van der Waals surface area contributed by atoms with Crippen LogP contribution >= 0.6 is 0 Å². The quantitative estimate of drug-likeness (QED) is 0.464. The highest BCUT2D eigenvalue weighted by atomic mass is 16.6. The number of benzene rings is 1. The molecule has 10 heteroatoms. The van der Waals surface area contributed by atoms with Gasteiger partial charge in [0.1, 0.15) is 5.75 Å². The summed E-state index contributed by atoms with van der Waals surface area (Å²) in [7, 11) is 2.75. The van der Waals surface area contributed by atoms with Gasteiger partial charge in [-0.1, -0.05) is 0 Å². The zero-order chi connectivity index (χ0) is 17.7. The fraction of sp³-hybridized carbons (Fsp3) is 0.214. The molecule has 10 nitrogen and oxygen atoms in total. The molecule has 2 aromatic rings. The number of nitro groups is 1. The number of aryl methyl sites for hydroxylation is 1. The summed E-state index contributed by atoms with van der Waals surface area (Å²) in [6, 6.07) is 4.01. The van der Waals surface area contributed by atoms with Crippen molar-refractivity contribution in [2.24, 2.45) is 5.10 Å². The highest BCUT2D eigenvalue weighted by Crippen LogP contribution is 2.33. The summed E-state index contributed by atoms with van der Waals surface area (Å²) in [5.41, 5.74) is 2.88. The van der Waals surface area contributed by atoms with Crippen molar-refractivity contribution >= 4 is 17.9 Å². The maximum atomic E-state index is 11.3. The standard InChI is InChI=1S/C14H15N5O5/c1-8-4-13(20)17-14(16-8)18-15-7-9-5-10(19(21)22)12(24-3)6-11(9)23-2/h4-7H,1-3H3,(H2,16,17,18,20)/b15-7-. The van der Waals surface area contributed by atoms with Gasteiger partial charge in [-0.25, -0.2) is 10.4 Å². The van der Waals surface area contributed by atoms with E-state index in [-0.39, 0.29) is 22.9 Å². The summed E-state index contributed by atoms with van der Waals surface area (Å²) >= 11 is 0. The number of nitrogens with one attached hydrogen (secondary N) is 2. The van der Waals surface area contributed by atoms with Gasteiger partial charge in [-0.15, -0.1) is 0 Å². The number of hydrogen-bond acceptors (Lipinski definition) is 8. The predicted octanol–water partition coefficient (Wildman–Crippen LogP) is 1.45. The molecule has 0 aliphatic carbocycles. The number of H-pyrrole nitrogens is 1. The number of hydrazone groups is 1. The Morgan fingerprint density at radius 1 is 1.29 bits per heavy atom. The van der Waals surface area contributed by atoms with Crippen LogP contribution in [0.2, 0.25) is 0 Å². The summed E-state index contributed by atoms with van der Waals surface area (Å²) in [6.07, 6.45) is 1.31. The van der Waals surface area contributed by atoms with Gasteiger partial charge in [0.05, 0.1) is 25.4 Å². The minimum absolute atomic E-state index is 0.0756. The summed E-state index contributed by atoms with van der Waals surface area (Å²) in [6.45, 7) is 1.67. The second kappa shape index (κ2) is 7.22. The fourth-order valence-corrected chi connectivity index (χ4v) is 1.94. The molecule has 1 aromatic heterocycles. The van der Waals surface area contributed by atoms with Crippen LogP contribution in [0.3, 0.4) is 0 Å². The van der Waals surface area contributed by atoms with E-state index in [1.54, 1.807) is 6.92 Å². The lowest BCUT2D eigenvalue weighted by molar-refractivity contribution is -0.385. The van der Waals surface area contributed by atoms with E-state index < -0.39 is 4.92 Å². The second-order valence-corrected chi connectivity index (χ2v) is 4.63. The normalized spacial score (nSPS) is 10.6. The Morgan fingerprint density at radius 3 is 2.58 bits per heavy atom. The third-order valence-electron chi connectivity index (χ3n) is 2.97. The van der Waals surface area contributed by atoms with Gasteiger partial charge in [0.25, 0.3) is 5.56 Å². The average Bonchev–Trinajstić information content (AvgIpc) is 2.53. The number of methoxy groups -OCH3 is 2. The number of aromatic nitrogens is 2. The Bertz CT molecular complexity index is 846. The highest BCUT2D eigenvalue weighted by molar-refractivity contribution is 5.86. The van der Waals surface area contributed by atoms with Crippen molar-refractivity contribution in [1.82, 2.24) is 9.97 Å². The molecule has 0 spiro atoms. The number of ether oxygens (including phenoxy) is 2. The van der Waals surface area contributed by atoms with Crippen LogP contribution in [0.4, 0.5) is 11.6 Å². The molecule has 0 saturated heterocycles. The van der Waals surface area contributed by atoms with E-state index in [1.165, 1.54) is 38.6 Å². The molecule has 24 heavy (non-hydrogen) atoms. The number of rotatable bonds is 6. The van der Waals surface area contributed by atoms with Crippen LogP contribution < -0.4 is 20.5 Å². The molecule has 1 aromatic carbocycles. The lowest BCUT2D eigenvalue weighted by atomic mass is 10.1. The zero-order valence-electron chi connectivity index (χ0n) is 13.2. The van der Waals surface area contributed by atoms with Crippen molar-refractivity contribution in [3.8, 4) is 11.5 Å². The number of aromatic amines is 1. The molecular weight excluding hydrogens is 318 g/mol. The molecule has 2 rings (SSSR count). The minimum Gasteiger partial charge on any atom is -0.496 e. The molecule has 0 radical (unpaired) electrons. The number of nitrogens with zero attached hydrogens (tertiary/aromatic N) is 3. The van der Waals surface area contributed by atoms with E-state index in [2.05, 4.69) is 20.5 Å². The fourth-order valence-electron chi connectivity index (χ4n) is 1.94. The van der Waals surface area contributed by atoms with E-state index >= 15 is 0 Å². The molecule has 0 atom stereocenters. The molecule has 0 saturated carbocycles. The van der Waals surface area contributed by atoms with Gasteiger partial charge < -0.3 is 9.47 Å². The molecule has 0 aliphatic heterocycles. The SMILES string of the molecule is COc1cc(OC)c([N+](=O)[O-])cc1/C=N\Nc1nc(C)cc(=O)[nH]1.